The molecule has 0 spiro atoms. The monoisotopic (exact) mass is 204 g/mol. The molecule has 0 aliphatic carbocycles. The van der Waals surface area contributed by atoms with Gasteiger partial charge in [-0.3, -0.25) is 0 Å². The van der Waals surface area contributed by atoms with Crippen molar-refractivity contribution in [1.82, 2.24) is 0 Å². The summed E-state index contributed by atoms with van der Waals surface area (Å²) in [5, 5.41) is 8.66. The second-order valence-electron chi connectivity index (χ2n) is 5.15. The van der Waals surface area contributed by atoms with E-state index in [1.807, 2.05) is 0 Å². The van der Waals surface area contributed by atoms with Gasteiger partial charge in [-0.05, 0) is 52.8 Å². The van der Waals surface area contributed by atoms with Gasteiger partial charge in [-0.15, -0.1) is 0 Å². The van der Waals surface area contributed by atoms with E-state index in [1.165, 1.54) is 0 Å². The second kappa shape index (κ2) is 5.13. The van der Waals surface area contributed by atoms with Gasteiger partial charge in [0.1, 0.15) is 0 Å². The van der Waals surface area contributed by atoms with Crippen LogP contribution in [0.4, 0.5) is 0 Å². The van der Waals surface area contributed by atoms with Gasteiger partial charge in [0.2, 0.25) is 0 Å². The van der Waals surface area contributed by atoms with Gasteiger partial charge in [-0.2, -0.15) is 0 Å². The van der Waals surface area contributed by atoms with Crippen molar-refractivity contribution in [3.05, 3.63) is 0 Å². The summed E-state index contributed by atoms with van der Waals surface area (Å²) in [6.45, 7) is 11.2. The standard InChI is InChI=1S/C10H24O2Si/c1-10(2,8-6-7-9-11)12-13(3,4)5/h11H,6-9H2,1-5H3. The SMILES string of the molecule is CC(C)(CCCCO)O[Si](C)(C)C. The molecule has 0 atom stereocenters. The van der Waals surface area contributed by atoms with Crippen molar-refractivity contribution < 1.29 is 9.53 Å². The average Bonchev–Trinajstić information content (AvgIpc) is 1.81. The Balaban J connectivity index is 3.80. The third-order valence-electron chi connectivity index (χ3n) is 1.77. The van der Waals surface area contributed by atoms with Crippen molar-refractivity contribution in [2.45, 2.75) is 58.4 Å². The molecule has 0 saturated carbocycles. The molecular weight excluding hydrogens is 180 g/mol. The highest BCUT2D eigenvalue weighted by molar-refractivity contribution is 6.69. The molecule has 80 valence electrons. The highest BCUT2D eigenvalue weighted by Gasteiger charge is 2.26. The lowest BCUT2D eigenvalue weighted by Gasteiger charge is -2.33. The fourth-order valence-corrected chi connectivity index (χ4v) is 3.30. The zero-order valence-corrected chi connectivity index (χ0v) is 10.7. The Hall–Kier alpha value is 0.137. The number of rotatable bonds is 6. The maximum Gasteiger partial charge on any atom is 0.184 e. The first-order chi connectivity index (χ1) is 5.77. The Morgan fingerprint density at radius 1 is 1.15 bits per heavy atom. The molecule has 13 heavy (non-hydrogen) atoms. The van der Waals surface area contributed by atoms with Crippen molar-refractivity contribution in [1.29, 1.82) is 0 Å². The first-order valence-corrected chi connectivity index (χ1v) is 8.49. The Morgan fingerprint density at radius 2 is 1.69 bits per heavy atom. The van der Waals surface area contributed by atoms with Crippen LogP contribution >= 0.6 is 0 Å². The van der Waals surface area contributed by atoms with Gasteiger partial charge in [0.05, 0.1) is 5.60 Å². The molecule has 0 aromatic heterocycles. The minimum absolute atomic E-state index is 0.0142. The fourth-order valence-electron chi connectivity index (χ4n) is 1.54. The minimum atomic E-state index is -1.42. The highest BCUT2D eigenvalue weighted by Crippen LogP contribution is 2.22. The number of aliphatic hydroxyl groups excluding tert-OH is 1. The van der Waals surface area contributed by atoms with Crippen LogP contribution in [0.1, 0.15) is 33.1 Å². The number of aliphatic hydroxyl groups is 1. The molecule has 0 radical (unpaired) electrons. The Kier molecular flexibility index (Phi) is 5.18. The molecule has 0 amide bonds. The van der Waals surface area contributed by atoms with E-state index in [9.17, 15) is 0 Å². The summed E-state index contributed by atoms with van der Waals surface area (Å²) >= 11 is 0. The first kappa shape index (κ1) is 13.1. The van der Waals surface area contributed by atoms with Crippen molar-refractivity contribution in [2.75, 3.05) is 6.61 Å². The lowest BCUT2D eigenvalue weighted by molar-refractivity contribution is 0.0863. The van der Waals surface area contributed by atoms with E-state index in [-0.39, 0.29) is 5.60 Å². The molecule has 0 aliphatic rings. The van der Waals surface area contributed by atoms with Crippen LogP contribution in [0.3, 0.4) is 0 Å². The molecule has 3 heteroatoms. The van der Waals surface area contributed by atoms with E-state index in [4.69, 9.17) is 9.53 Å². The topological polar surface area (TPSA) is 29.5 Å². The Bertz CT molecular complexity index is 138. The van der Waals surface area contributed by atoms with Crippen LogP contribution in [0.5, 0.6) is 0 Å². The molecule has 0 unspecified atom stereocenters. The molecule has 0 aromatic rings. The molecule has 0 aliphatic heterocycles. The van der Waals surface area contributed by atoms with Crippen molar-refractivity contribution in [3.8, 4) is 0 Å². The van der Waals surface area contributed by atoms with Gasteiger partial charge in [-0.1, -0.05) is 0 Å². The zero-order chi connectivity index (χ0) is 10.5. The number of hydrogen-bond acceptors (Lipinski definition) is 2. The molecular formula is C10H24O2Si. The molecule has 0 aromatic carbocycles. The van der Waals surface area contributed by atoms with E-state index >= 15 is 0 Å². The number of unbranched alkanes of at least 4 members (excludes halogenated alkanes) is 1. The van der Waals surface area contributed by atoms with E-state index in [0.717, 1.165) is 19.3 Å². The second-order valence-corrected chi connectivity index (χ2v) is 9.58. The van der Waals surface area contributed by atoms with Gasteiger partial charge >= 0.3 is 0 Å². The Labute approximate surface area is 83.4 Å². The van der Waals surface area contributed by atoms with Gasteiger partial charge in [0.15, 0.2) is 8.32 Å². The summed E-state index contributed by atoms with van der Waals surface area (Å²) in [7, 11) is -1.42. The summed E-state index contributed by atoms with van der Waals surface area (Å²) in [6, 6.07) is 0. The third-order valence-corrected chi connectivity index (χ3v) is 2.93. The predicted molar refractivity (Wildman–Crippen MR) is 59.4 cm³/mol. The lowest BCUT2D eigenvalue weighted by atomic mass is 10.0. The first-order valence-electron chi connectivity index (χ1n) is 5.08. The van der Waals surface area contributed by atoms with Gasteiger partial charge in [0, 0.05) is 6.61 Å². The summed E-state index contributed by atoms with van der Waals surface area (Å²) < 4.78 is 6.03. The summed E-state index contributed by atoms with van der Waals surface area (Å²) in [4.78, 5) is 0. The predicted octanol–water partition coefficient (Wildman–Crippen LogP) is 2.78. The van der Waals surface area contributed by atoms with Gasteiger partial charge in [0.25, 0.3) is 0 Å². The zero-order valence-electron chi connectivity index (χ0n) is 9.68. The van der Waals surface area contributed by atoms with Crippen LogP contribution < -0.4 is 0 Å². The number of hydrogen-bond donors (Lipinski definition) is 1. The van der Waals surface area contributed by atoms with Crippen molar-refractivity contribution in [2.24, 2.45) is 0 Å². The van der Waals surface area contributed by atoms with Crippen molar-refractivity contribution >= 4 is 8.32 Å². The summed E-state index contributed by atoms with van der Waals surface area (Å²) in [5.74, 6) is 0. The van der Waals surface area contributed by atoms with Crippen LogP contribution in [0.15, 0.2) is 0 Å². The summed E-state index contributed by atoms with van der Waals surface area (Å²) in [5.41, 5.74) is -0.0142. The van der Waals surface area contributed by atoms with Crippen LogP contribution in [0.2, 0.25) is 19.6 Å². The Morgan fingerprint density at radius 3 is 2.08 bits per heavy atom. The van der Waals surface area contributed by atoms with Crippen molar-refractivity contribution in [3.63, 3.8) is 0 Å². The smallest absolute Gasteiger partial charge is 0.184 e. The molecule has 0 heterocycles. The fraction of sp³-hybridized carbons (Fsp3) is 1.00. The quantitative estimate of drug-likeness (QED) is 0.532. The largest absolute Gasteiger partial charge is 0.413 e. The summed E-state index contributed by atoms with van der Waals surface area (Å²) in [6.07, 6.45) is 2.98. The molecule has 1 N–H and O–H groups in total. The molecule has 0 fully saturated rings. The van der Waals surface area contributed by atoms with E-state index in [2.05, 4.69) is 33.5 Å². The third kappa shape index (κ3) is 8.47. The molecule has 0 rings (SSSR count). The van der Waals surface area contributed by atoms with Crippen LogP contribution in [-0.2, 0) is 4.43 Å². The van der Waals surface area contributed by atoms with E-state index < -0.39 is 8.32 Å². The maximum absolute atomic E-state index is 8.66. The highest BCUT2D eigenvalue weighted by atomic mass is 28.4. The van der Waals surface area contributed by atoms with Crippen LogP contribution in [0.25, 0.3) is 0 Å². The van der Waals surface area contributed by atoms with Gasteiger partial charge < -0.3 is 9.53 Å². The van der Waals surface area contributed by atoms with Gasteiger partial charge in [-0.25, -0.2) is 0 Å². The minimum Gasteiger partial charge on any atom is -0.413 e. The van der Waals surface area contributed by atoms with E-state index in [0.29, 0.717) is 6.61 Å². The maximum atomic E-state index is 8.66. The lowest BCUT2D eigenvalue weighted by Crippen LogP contribution is -2.38. The normalized spacial score (nSPS) is 13.4. The van der Waals surface area contributed by atoms with E-state index in [1.54, 1.807) is 0 Å². The molecule has 0 bridgehead atoms. The molecule has 2 nitrogen and oxygen atoms in total. The molecule has 0 saturated heterocycles. The van der Waals surface area contributed by atoms with Crippen LogP contribution in [-0.4, -0.2) is 25.6 Å². The van der Waals surface area contributed by atoms with Crippen LogP contribution in [0, 0.1) is 0 Å². The average molecular weight is 204 g/mol.